The van der Waals surface area contributed by atoms with Crippen molar-refractivity contribution in [3.8, 4) is 0 Å². The molecule has 0 bridgehead atoms. The first kappa shape index (κ1) is 27.1. The first-order chi connectivity index (χ1) is 16.5. The smallest absolute Gasteiger partial charge is 0.217 e. The van der Waals surface area contributed by atoms with Gasteiger partial charge < -0.3 is 9.66 Å². The lowest BCUT2D eigenvalue weighted by Gasteiger charge is -2.63. The minimum atomic E-state index is -4.69. The van der Waals surface area contributed by atoms with Crippen molar-refractivity contribution in [3.05, 3.63) is 11.6 Å². The molecule has 36 heavy (non-hydrogen) atoms. The van der Waals surface area contributed by atoms with Gasteiger partial charge in [0.1, 0.15) is 0 Å². The highest BCUT2D eigenvalue weighted by Crippen LogP contribution is 2.89. The molecule has 0 aliphatic heterocycles. The number of aliphatic hydroxyl groups excluding tert-OH is 1. The Morgan fingerprint density at radius 1 is 0.972 bits per heavy atom. The highest BCUT2D eigenvalue weighted by atomic mass is 32.3. The average molecular weight is 522 g/mol. The molecule has 0 heterocycles. The fourth-order valence-corrected chi connectivity index (χ4v) is 12.2. The van der Waals surface area contributed by atoms with Crippen molar-refractivity contribution in [1.29, 1.82) is 0 Å². The quantitative estimate of drug-likeness (QED) is 0.241. The Morgan fingerprint density at radius 3 is 2.25 bits per heavy atom. The van der Waals surface area contributed by atoms with Crippen LogP contribution in [-0.2, 0) is 14.6 Å². The van der Waals surface area contributed by atoms with Gasteiger partial charge in [-0.3, -0.25) is 4.18 Å². The second kappa shape index (κ2) is 8.29. The third kappa shape index (κ3) is 3.67. The van der Waals surface area contributed by atoms with E-state index in [9.17, 15) is 18.1 Å². The SMILES string of the molecule is CC(C)=C[C@H](O)C[C@@H](C)[C@H]1CC[C@@]2(C)[C@@H]3CC[C@H]4C(C)(C)[C@@H](OS(=O)(=O)[O-])CC[C@@]45C[C@@]35CC[C@]12C. The molecule has 5 aliphatic carbocycles. The summed E-state index contributed by atoms with van der Waals surface area (Å²) in [6.07, 6.45) is 12.4. The van der Waals surface area contributed by atoms with E-state index in [1.54, 1.807) is 0 Å². The van der Waals surface area contributed by atoms with Crippen LogP contribution in [0.2, 0.25) is 0 Å². The lowest BCUT2D eigenvalue weighted by molar-refractivity contribution is -0.158. The zero-order valence-corrected chi connectivity index (χ0v) is 24.4. The van der Waals surface area contributed by atoms with Crippen molar-refractivity contribution >= 4 is 10.4 Å². The molecule has 0 aromatic rings. The highest BCUT2D eigenvalue weighted by Gasteiger charge is 2.82. The van der Waals surface area contributed by atoms with E-state index in [0.29, 0.717) is 45.8 Å². The predicted molar refractivity (Wildman–Crippen MR) is 141 cm³/mol. The minimum absolute atomic E-state index is 0.291. The molecule has 5 saturated carbocycles. The average Bonchev–Trinajstić information content (AvgIpc) is 3.31. The Labute approximate surface area is 219 Å². The van der Waals surface area contributed by atoms with Crippen LogP contribution >= 0.6 is 0 Å². The fourth-order valence-electron chi connectivity index (χ4n) is 11.6. The maximum absolute atomic E-state index is 11.5. The molecule has 206 valence electrons. The van der Waals surface area contributed by atoms with Gasteiger partial charge in [-0.25, -0.2) is 8.42 Å². The van der Waals surface area contributed by atoms with E-state index in [-0.39, 0.29) is 11.5 Å². The maximum Gasteiger partial charge on any atom is 0.217 e. The zero-order valence-electron chi connectivity index (χ0n) is 23.6. The summed E-state index contributed by atoms with van der Waals surface area (Å²) in [6.45, 7) is 16.0. The third-order valence-corrected chi connectivity index (χ3v) is 13.6. The van der Waals surface area contributed by atoms with E-state index in [0.717, 1.165) is 25.2 Å². The summed E-state index contributed by atoms with van der Waals surface area (Å²) < 4.78 is 39.6. The van der Waals surface area contributed by atoms with Gasteiger partial charge in [0, 0.05) is 0 Å². The Balaban J connectivity index is 1.39. The molecule has 0 unspecified atom stereocenters. The summed E-state index contributed by atoms with van der Waals surface area (Å²) in [5.74, 6) is 2.29. The summed E-state index contributed by atoms with van der Waals surface area (Å²) in [5, 5.41) is 10.7. The number of aliphatic hydroxyl groups is 1. The summed E-state index contributed by atoms with van der Waals surface area (Å²) in [4.78, 5) is 0. The summed E-state index contributed by atoms with van der Waals surface area (Å²) >= 11 is 0. The van der Waals surface area contributed by atoms with Gasteiger partial charge in [-0.05, 0) is 129 Å². The summed E-state index contributed by atoms with van der Waals surface area (Å²) in [5.41, 5.74) is 2.16. The van der Waals surface area contributed by atoms with Crippen LogP contribution in [0.4, 0.5) is 0 Å². The van der Waals surface area contributed by atoms with E-state index in [2.05, 4.69) is 48.5 Å². The first-order valence-corrected chi connectivity index (χ1v) is 15.8. The van der Waals surface area contributed by atoms with E-state index in [4.69, 9.17) is 4.18 Å². The molecule has 0 aromatic carbocycles. The second-order valence-electron chi connectivity index (χ2n) is 15.0. The van der Waals surface area contributed by atoms with E-state index >= 15 is 0 Å². The molecule has 0 aromatic heterocycles. The summed E-state index contributed by atoms with van der Waals surface area (Å²) in [6, 6.07) is 0. The van der Waals surface area contributed by atoms with Crippen LogP contribution in [-0.4, -0.2) is 30.3 Å². The monoisotopic (exact) mass is 521 g/mol. The largest absolute Gasteiger partial charge is 0.726 e. The number of hydrogen-bond acceptors (Lipinski definition) is 5. The van der Waals surface area contributed by atoms with E-state index in [1.807, 2.05) is 6.08 Å². The van der Waals surface area contributed by atoms with Crippen molar-refractivity contribution in [1.82, 2.24) is 0 Å². The molecular weight excluding hydrogens is 472 g/mol. The molecular formula is C30H49O5S-. The van der Waals surface area contributed by atoms with Gasteiger partial charge in [-0.1, -0.05) is 46.3 Å². The van der Waals surface area contributed by atoms with Crippen molar-refractivity contribution in [3.63, 3.8) is 0 Å². The molecule has 5 aliphatic rings. The molecule has 5 nitrogen and oxygen atoms in total. The maximum atomic E-state index is 11.5. The third-order valence-electron chi connectivity index (χ3n) is 13.2. The number of fused-ring (bicyclic) bond motifs is 2. The predicted octanol–water partition coefficient (Wildman–Crippen LogP) is 6.62. The second-order valence-corrected chi connectivity index (χ2v) is 16.0. The van der Waals surface area contributed by atoms with Gasteiger partial charge in [0.15, 0.2) is 0 Å². The van der Waals surface area contributed by atoms with Gasteiger partial charge >= 0.3 is 0 Å². The standard InChI is InChI=1S/C30H50O5S/c1-19(2)16-21(31)17-20(3)22-10-12-28(7)24-9-8-23-26(4,5)25(35-36(32,33)34)11-13-29(23)18-30(24,29)15-14-27(22,28)6/h16,20-25,31H,8-15,17-18H2,1-7H3,(H,32,33,34)/p-1/t20-,21+,22-,23+,24+,25+,27-,28+,29-,30+/m1/s1. The van der Waals surface area contributed by atoms with Gasteiger partial charge in [-0.15, -0.1) is 0 Å². The molecule has 2 spiro atoms. The molecule has 6 heteroatoms. The van der Waals surface area contributed by atoms with Crippen LogP contribution in [0.5, 0.6) is 0 Å². The van der Waals surface area contributed by atoms with Crippen molar-refractivity contribution in [2.75, 3.05) is 0 Å². The lowest BCUT2D eigenvalue weighted by atomic mass is 9.41. The topological polar surface area (TPSA) is 86.7 Å². The Kier molecular flexibility index (Phi) is 6.25. The van der Waals surface area contributed by atoms with Crippen molar-refractivity contribution in [2.24, 2.45) is 50.7 Å². The van der Waals surface area contributed by atoms with Gasteiger partial charge in [0.25, 0.3) is 0 Å². The molecule has 5 fully saturated rings. The lowest BCUT2D eigenvalue weighted by Crippen LogP contribution is -2.58. The van der Waals surface area contributed by atoms with E-state index in [1.165, 1.54) is 44.1 Å². The molecule has 1 N–H and O–H groups in total. The first-order valence-electron chi connectivity index (χ1n) is 14.5. The van der Waals surface area contributed by atoms with Crippen LogP contribution in [0.3, 0.4) is 0 Å². The highest BCUT2D eigenvalue weighted by molar-refractivity contribution is 7.80. The Morgan fingerprint density at radius 2 is 1.61 bits per heavy atom. The summed E-state index contributed by atoms with van der Waals surface area (Å²) in [7, 11) is -4.69. The van der Waals surface area contributed by atoms with Crippen LogP contribution < -0.4 is 0 Å². The Bertz CT molecular complexity index is 1030. The van der Waals surface area contributed by atoms with Crippen LogP contribution in [0, 0.1) is 50.7 Å². The fraction of sp³-hybridized carbons (Fsp3) is 0.933. The zero-order chi connectivity index (χ0) is 26.5. The van der Waals surface area contributed by atoms with Gasteiger partial charge in [0.05, 0.1) is 12.2 Å². The molecule has 0 radical (unpaired) electrons. The van der Waals surface area contributed by atoms with Crippen LogP contribution in [0.1, 0.15) is 113 Å². The van der Waals surface area contributed by atoms with Crippen LogP contribution in [0.15, 0.2) is 11.6 Å². The van der Waals surface area contributed by atoms with Gasteiger partial charge in [-0.2, -0.15) is 0 Å². The minimum Gasteiger partial charge on any atom is -0.726 e. The normalized spacial score (nSPS) is 48.6. The molecule has 5 rings (SSSR count). The number of allylic oxidation sites excluding steroid dienone is 1. The van der Waals surface area contributed by atoms with Crippen molar-refractivity contribution in [2.45, 2.75) is 125 Å². The molecule has 0 saturated heterocycles. The van der Waals surface area contributed by atoms with Gasteiger partial charge in [0.2, 0.25) is 10.4 Å². The Hall–Kier alpha value is -0.430. The number of hydrogen-bond donors (Lipinski definition) is 1. The molecule has 0 amide bonds. The van der Waals surface area contributed by atoms with Crippen molar-refractivity contribution < 1.29 is 22.3 Å². The van der Waals surface area contributed by atoms with E-state index < -0.39 is 16.5 Å². The molecule has 10 atom stereocenters. The van der Waals surface area contributed by atoms with Crippen LogP contribution in [0.25, 0.3) is 0 Å². The number of rotatable bonds is 6.